The summed E-state index contributed by atoms with van der Waals surface area (Å²) in [6, 6.07) is 10.0. The smallest absolute Gasteiger partial charge is 0.387 e. The third-order valence-corrected chi connectivity index (χ3v) is 3.01. The molecule has 0 saturated heterocycles. The van der Waals surface area contributed by atoms with Gasteiger partial charge in [-0.05, 0) is 40.3 Å². The zero-order chi connectivity index (χ0) is 15.5. The van der Waals surface area contributed by atoms with Crippen molar-refractivity contribution in [3.63, 3.8) is 0 Å². The first-order valence-electron chi connectivity index (χ1n) is 6.42. The van der Waals surface area contributed by atoms with Gasteiger partial charge in [0.1, 0.15) is 5.75 Å². The number of ether oxygens (including phenoxy) is 1. The van der Waals surface area contributed by atoms with Crippen LogP contribution in [-0.2, 0) is 6.54 Å². The lowest BCUT2D eigenvalue weighted by molar-refractivity contribution is -0.0498. The molecule has 9 heteroatoms. The SMILES string of the molecule is CN(Cc1ccc(OC(F)F)cc1)c1ccc2nnnn2n1. The number of hydrogen-bond donors (Lipinski definition) is 0. The van der Waals surface area contributed by atoms with E-state index >= 15 is 0 Å². The van der Waals surface area contributed by atoms with Crippen LogP contribution in [0.5, 0.6) is 5.75 Å². The number of benzene rings is 1. The molecular formula is C13H12F2N6O. The van der Waals surface area contributed by atoms with Gasteiger partial charge in [-0.3, -0.25) is 0 Å². The molecule has 0 atom stereocenters. The van der Waals surface area contributed by atoms with Crippen LogP contribution in [0.2, 0.25) is 0 Å². The first-order chi connectivity index (χ1) is 10.6. The molecule has 7 nitrogen and oxygen atoms in total. The van der Waals surface area contributed by atoms with Gasteiger partial charge in [0, 0.05) is 13.6 Å². The summed E-state index contributed by atoms with van der Waals surface area (Å²) in [4.78, 5) is 1.89. The molecule has 0 saturated carbocycles. The minimum Gasteiger partial charge on any atom is -0.435 e. The summed E-state index contributed by atoms with van der Waals surface area (Å²) in [5.74, 6) is 0.822. The second-order valence-corrected chi connectivity index (χ2v) is 4.60. The maximum atomic E-state index is 12.1. The Morgan fingerprint density at radius 2 is 1.95 bits per heavy atom. The van der Waals surface area contributed by atoms with Crippen molar-refractivity contribution in [1.82, 2.24) is 25.3 Å². The Bertz CT molecular complexity index is 761. The van der Waals surface area contributed by atoms with Crippen LogP contribution < -0.4 is 9.64 Å². The lowest BCUT2D eigenvalue weighted by Crippen LogP contribution is -2.18. The van der Waals surface area contributed by atoms with E-state index in [2.05, 4.69) is 25.4 Å². The number of fused-ring (bicyclic) bond motifs is 1. The Morgan fingerprint density at radius 3 is 2.68 bits per heavy atom. The highest BCUT2D eigenvalue weighted by atomic mass is 19.3. The normalized spacial score (nSPS) is 11.1. The van der Waals surface area contributed by atoms with Crippen molar-refractivity contribution in [2.75, 3.05) is 11.9 Å². The molecule has 0 bridgehead atoms. The van der Waals surface area contributed by atoms with Crippen molar-refractivity contribution in [2.24, 2.45) is 0 Å². The summed E-state index contributed by atoms with van der Waals surface area (Å²) in [7, 11) is 1.86. The molecule has 0 unspecified atom stereocenters. The number of tetrazole rings is 1. The zero-order valence-electron chi connectivity index (χ0n) is 11.6. The predicted molar refractivity (Wildman–Crippen MR) is 73.8 cm³/mol. The Kier molecular flexibility index (Phi) is 3.77. The number of halogens is 2. The van der Waals surface area contributed by atoms with Crippen molar-refractivity contribution in [3.8, 4) is 5.75 Å². The summed E-state index contributed by atoms with van der Waals surface area (Å²) in [5, 5.41) is 15.3. The van der Waals surface area contributed by atoms with Crippen molar-refractivity contribution >= 4 is 11.5 Å². The highest BCUT2D eigenvalue weighted by Gasteiger charge is 2.08. The van der Waals surface area contributed by atoms with E-state index in [-0.39, 0.29) is 5.75 Å². The molecule has 2 heterocycles. The number of anilines is 1. The summed E-state index contributed by atoms with van der Waals surface area (Å²) >= 11 is 0. The van der Waals surface area contributed by atoms with Gasteiger partial charge in [0.25, 0.3) is 0 Å². The van der Waals surface area contributed by atoms with Crippen molar-refractivity contribution in [3.05, 3.63) is 42.0 Å². The molecule has 0 radical (unpaired) electrons. The number of aromatic nitrogens is 5. The molecule has 0 fully saturated rings. The molecule has 114 valence electrons. The maximum absolute atomic E-state index is 12.1. The molecule has 0 aliphatic carbocycles. The lowest BCUT2D eigenvalue weighted by atomic mass is 10.2. The van der Waals surface area contributed by atoms with E-state index in [4.69, 9.17) is 0 Å². The average molecular weight is 306 g/mol. The Hall–Kier alpha value is -2.84. The number of hydrogen-bond acceptors (Lipinski definition) is 6. The van der Waals surface area contributed by atoms with Gasteiger partial charge in [0.15, 0.2) is 11.5 Å². The summed E-state index contributed by atoms with van der Waals surface area (Å²) < 4.78 is 29.8. The largest absolute Gasteiger partial charge is 0.435 e. The van der Waals surface area contributed by atoms with Crippen LogP contribution >= 0.6 is 0 Å². The highest BCUT2D eigenvalue weighted by Crippen LogP contribution is 2.17. The van der Waals surface area contributed by atoms with Gasteiger partial charge in [0.05, 0.1) is 0 Å². The summed E-state index contributed by atoms with van der Waals surface area (Å²) in [6.45, 7) is -2.27. The maximum Gasteiger partial charge on any atom is 0.387 e. The van der Waals surface area contributed by atoms with E-state index < -0.39 is 6.61 Å². The third kappa shape index (κ3) is 3.08. The van der Waals surface area contributed by atoms with Crippen LogP contribution in [0.1, 0.15) is 5.56 Å². The van der Waals surface area contributed by atoms with Gasteiger partial charge >= 0.3 is 6.61 Å². The molecule has 0 N–H and O–H groups in total. The van der Waals surface area contributed by atoms with Crippen LogP contribution in [0, 0.1) is 0 Å². The zero-order valence-corrected chi connectivity index (χ0v) is 11.6. The minimum absolute atomic E-state index is 0.134. The minimum atomic E-state index is -2.82. The van der Waals surface area contributed by atoms with Crippen LogP contribution in [-0.4, -0.2) is 38.9 Å². The molecular weight excluding hydrogens is 294 g/mol. The van der Waals surface area contributed by atoms with Gasteiger partial charge < -0.3 is 9.64 Å². The van der Waals surface area contributed by atoms with Gasteiger partial charge in [0.2, 0.25) is 0 Å². The second-order valence-electron chi connectivity index (χ2n) is 4.60. The van der Waals surface area contributed by atoms with Crippen LogP contribution in [0.25, 0.3) is 5.65 Å². The van der Waals surface area contributed by atoms with Gasteiger partial charge in [-0.2, -0.15) is 8.78 Å². The molecule has 0 amide bonds. The number of alkyl halides is 2. The molecule has 1 aromatic carbocycles. The fraction of sp³-hybridized carbons (Fsp3) is 0.231. The molecule has 3 rings (SSSR count). The van der Waals surface area contributed by atoms with Gasteiger partial charge in [-0.15, -0.1) is 14.8 Å². The Morgan fingerprint density at radius 1 is 1.18 bits per heavy atom. The molecule has 0 aliphatic rings. The van der Waals surface area contributed by atoms with Gasteiger partial charge in [-0.1, -0.05) is 12.1 Å². The van der Waals surface area contributed by atoms with E-state index in [0.29, 0.717) is 18.0 Å². The molecule has 0 spiro atoms. The lowest BCUT2D eigenvalue weighted by Gasteiger charge is -2.17. The van der Waals surface area contributed by atoms with Gasteiger partial charge in [-0.25, -0.2) is 0 Å². The monoisotopic (exact) mass is 306 g/mol. The van der Waals surface area contributed by atoms with Crippen molar-refractivity contribution in [2.45, 2.75) is 13.2 Å². The summed E-state index contributed by atoms with van der Waals surface area (Å²) in [6.07, 6.45) is 0. The number of rotatable bonds is 5. The van der Waals surface area contributed by atoms with E-state index in [0.717, 1.165) is 5.56 Å². The van der Waals surface area contributed by atoms with Crippen LogP contribution in [0.4, 0.5) is 14.6 Å². The van der Waals surface area contributed by atoms with Crippen molar-refractivity contribution in [1.29, 1.82) is 0 Å². The molecule has 3 aromatic rings. The molecule has 0 aliphatic heterocycles. The second kappa shape index (κ2) is 5.88. The van der Waals surface area contributed by atoms with Crippen LogP contribution in [0.15, 0.2) is 36.4 Å². The van der Waals surface area contributed by atoms with Crippen LogP contribution in [0.3, 0.4) is 0 Å². The average Bonchev–Trinajstić information content (AvgIpc) is 2.96. The fourth-order valence-corrected chi connectivity index (χ4v) is 1.97. The van der Waals surface area contributed by atoms with E-state index in [1.54, 1.807) is 24.3 Å². The quantitative estimate of drug-likeness (QED) is 0.715. The predicted octanol–water partition coefficient (Wildman–Crippen LogP) is 1.76. The third-order valence-electron chi connectivity index (χ3n) is 3.01. The first kappa shape index (κ1) is 14.1. The van der Waals surface area contributed by atoms with E-state index in [1.807, 2.05) is 11.9 Å². The Balaban J connectivity index is 1.71. The van der Waals surface area contributed by atoms with E-state index in [9.17, 15) is 8.78 Å². The first-order valence-corrected chi connectivity index (χ1v) is 6.42. The topological polar surface area (TPSA) is 68.4 Å². The standard InChI is InChI=1S/C13H12F2N6O/c1-20(12-7-6-11-16-18-19-21(11)17-12)8-9-2-4-10(5-3-9)22-13(14)15/h2-7,13H,8H2,1H3. The summed E-state index contributed by atoms with van der Waals surface area (Å²) in [5.41, 5.74) is 1.49. The van der Waals surface area contributed by atoms with E-state index in [1.165, 1.54) is 16.8 Å². The molecule has 2 aromatic heterocycles. The number of nitrogens with zero attached hydrogens (tertiary/aromatic N) is 6. The fourth-order valence-electron chi connectivity index (χ4n) is 1.97. The van der Waals surface area contributed by atoms with Crippen molar-refractivity contribution < 1.29 is 13.5 Å². The molecule has 22 heavy (non-hydrogen) atoms. The Labute approximate surface area is 124 Å². The highest BCUT2D eigenvalue weighted by molar-refractivity contribution is 5.44.